The van der Waals surface area contributed by atoms with E-state index in [1.54, 1.807) is 13.2 Å². The molecule has 0 spiro atoms. The number of H-pyrrole nitrogens is 1. The number of imidazole rings is 1. The molecule has 0 aliphatic heterocycles. The highest BCUT2D eigenvalue weighted by atomic mass is 19.2. The highest BCUT2D eigenvalue weighted by Gasteiger charge is 2.13. The van der Waals surface area contributed by atoms with Gasteiger partial charge in [-0.1, -0.05) is 12.1 Å². The van der Waals surface area contributed by atoms with Gasteiger partial charge in [-0.2, -0.15) is 0 Å². The molecule has 0 saturated carbocycles. The van der Waals surface area contributed by atoms with E-state index in [0.717, 1.165) is 22.9 Å². The van der Waals surface area contributed by atoms with E-state index in [1.807, 2.05) is 19.1 Å². The van der Waals surface area contributed by atoms with Crippen molar-refractivity contribution in [2.24, 2.45) is 0 Å². The van der Waals surface area contributed by atoms with E-state index >= 15 is 0 Å². The van der Waals surface area contributed by atoms with Gasteiger partial charge in [-0.05, 0) is 30.7 Å². The quantitative estimate of drug-likeness (QED) is 0.771. The highest BCUT2D eigenvalue weighted by molar-refractivity contribution is 5.80. The Morgan fingerprint density at radius 1 is 1.15 bits per heavy atom. The summed E-state index contributed by atoms with van der Waals surface area (Å²) in [4.78, 5) is 7.10. The molecular formula is C15H12F2N2O. The van der Waals surface area contributed by atoms with E-state index in [0.29, 0.717) is 11.3 Å². The van der Waals surface area contributed by atoms with Crippen LogP contribution in [-0.2, 0) is 0 Å². The number of nitrogens with zero attached hydrogens (tertiary/aromatic N) is 1. The summed E-state index contributed by atoms with van der Waals surface area (Å²) >= 11 is 0. The van der Waals surface area contributed by atoms with Crippen molar-refractivity contribution in [3.05, 3.63) is 47.5 Å². The smallest absolute Gasteiger partial charge is 0.186 e. The van der Waals surface area contributed by atoms with Crippen molar-refractivity contribution >= 4 is 11.0 Å². The third kappa shape index (κ3) is 1.91. The molecule has 0 saturated heterocycles. The molecule has 0 bridgehead atoms. The number of fused-ring (bicyclic) bond motifs is 1. The Hall–Kier alpha value is -2.43. The third-order valence-corrected chi connectivity index (χ3v) is 3.23. The van der Waals surface area contributed by atoms with Crippen LogP contribution in [-0.4, -0.2) is 17.1 Å². The number of aryl methyl sites for hydroxylation is 1. The highest BCUT2D eigenvalue weighted by Crippen LogP contribution is 2.27. The summed E-state index contributed by atoms with van der Waals surface area (Å²) in [5.74, 6) is -0.654. The predicted molar refractivity (Wildman–Crippen MR) is 72.7 cm³/mol. The average molecular weight is 274 g/mol. The Balaban J connectivity index is 2.17. The van der Waals surface area contributed by atoms with Gasteiger partial charge in [-0.25, -0.2) is 13.8 Å². The molecule has 102 valence electrons. The lowest BCUT2D eigenvalue weighted by Gasteiger charge is -2.05. The second-order valence-electron chi connectivity index (χ2n) is 4.53. The molecule has 5 heteroatoms. The molecule has 0 atom stereocenters. The number of aromatic nitrogens is 2. The first kappa shape index (κ1) is 12.6. The number of hydrogen-bond donors (Lipinski definition) is 1. The molecule has 0 aliphatic rings. The SMILES string of the molecule is COc1cc(-c2nc3c(F)c(F)ccc3[nH]2)ccc1C. The standard InChI is InChI=1S/C15H12F2N2O/c1-8-3-4-9(7-12(8)20-2)15-18-11-6-5-10(16)13(17)14(11)19-15/h3-7H,1-2H3,(H,18,19). The lowest BCUT2D eigenvalue weighted by atomic mass is 10.1. The number of hydrogen-bond acceptors (Lipinski definition) is 2. The number of ether oxygens (including phenoxy) is 1. The van der Waals surface area contributed by atoms with E-state index in [2.05, 4.69) is 9.97 Å². The minimum atomic E-state index is -0.941. The first-order chi connectivity index (χ1) is 9.60. The molecule has 3 nitrogen and oxygen atoms in total. The zero-order valence-electron chi connectivity index (χ0n) is 11.0. The normalized spacial score (nSPS) is 11.0. The van der Waals surface area contributed by atoms with Crippen molar-refractivity contribution in [2.45, 2.75) is 6.92 Å². The zero-order valence-corrected chi connectivity index (χ0v) is 11.0. The van der Waals surface area contributed by atoms with Crippen LogP contribution in [0.3, 0.4) is 0 Å². The third-order valence-electron chi connectivity index (χ3n) is 3.23. The summed E-state index contributed by atoms with van der Waals surface area (Å²) in [5, 5.41) is 0. The van der Waals surface area contributed by atoms with Crippen LogP contribution in [0, 0.1) is 18.6 Å². The largest absolute Gasteiger partial charge is 0.496 e. The summed E-state index contributed by atoms with van der Waals surface area (Å²) in [7, 11) is 1.58. The molecule has 20 heavy (non-hydrogen) atoms. The predicted octanol–water partition coefficient (Wildman–Crippen LogP) is 3.83. The van der Waals surface area contributed by atoms with Crippen LogP contribution >= 0.6 is 0 Å². The Morgan fingerprint density at radius 3 is 2.70 bits per heavy atom. The van der Waals surface area contributed by atoms with Crippen molar-refractivity contribution in [1.29, 1.82) is 0 Å². The number of aromatic amines is 1. The van der Waals surface area contributed by atoms with Gasteiger partial charge in [0.25, 0.3) is 0 Å². The van der Waals surface area contributed by atoms with Gasteiger partial charge in [-0.15, -0.1) is 0 Å². The fraction of sp³-hybridized carbons (Fsp3) is 0.133. The number of methoxy groups -OCH3 is 1. The van der Waals surface area contributed by atoms with Gasteiger partial charge in [-0.3, -0.25) is 0 Å². The molecule has 0 aliphatic carbocycles. The Labute approximate surface area is 114 Å². The van der Waals surface area contributed by atoms with Crippen molar-refractivity contribution < 1.29 is 13.5 Å². The van der Waals surface area contributed by atoms with Crippen LogP contribution in [0.5, 0.6) is 5.75 Å². The van der Waals surface area contributed by atoms with Gasteiger partial charge in [0.1, 0.15) is 17.1 Å². The molecule has 1 aromatic heterocycles. The Bertz CT molecular complexity index is 796. The molecule has 3 rings (SSSR count). The van der Waals surface area contributed by atoms with Gasteiger partial charge in [0, 0.05) is 5.56 Å². The topological polar surface area (TPSA) is 37.9 Å². The summed E-state index contributed by atoms with van der Waals surface area (Å²) in [6, 6.07) is 8.09. The summed E-state index contributed by atoms with van der Waals surface area (Å²) in [5.41, 5.74) is 2.20. The van der Waals surface area contributed by atoms with E-state index in [4.69, 9.17) is 4.74 Å². The van der Waals surface area contributed by atoms with Gasteiger partial charge in [0.05, 0.1) is 12.6 Å². The number of rotatable bonds is 2. The van der Waals surface area contributed by atoms with Crippen molar-refractivity contribution in [2.75, 3.05) is 7.11 Å². The first-order valence-electron chi connectivity index (χ1n) is 6.09. The fourth-order valence-electron chi connectivity index (χ4n) is 2.12. The van der Waals surface area contributed by atoms with Crippen LogP contribution in [0.1, 0.15) is 5.56 Å². The summed E-state index contributed by atoms with van der Waals surface area (Å²) < 4.78 is 32.1. The molecule has 0 radical (unpaired) electrons. The number of benzene rings is 2. The Morgan fingerprint density at radius 2 is 1.95 bits per heavy atom. The van der Waals surface area contributed by atoms with Gasteiger partial charge < -0.3 is 9.72 Å². The number of halogens is 2. The fourth-order valence-corrected chi connectivity index (χ4v) is 2.12. The minimum Gasteiger partial charge on any atom is -0.496 e. The summed E-state index contributed by atoms with van der Waals surface area (Å²) in [6.07, 6.45) is 0. The van der Waals surface area contributed by atoms with Crippen LogP contribution in [0.4, 0.5) is 8.78 Å². The number of nitrogens with one attached hydrogen (secondary N) is 1. The molecule has 0 fully saturated rings. The monoisotopic (exact) mass is 274 g/mol. The summed E-state index contributed by atoms with van der Waals surface area (Å²) in [6.45, 7) is 1.93. The lowest BCUT2D eigenvalue weighted by Crippen LogP contribution is -1.89. The molecule has 1 N–H and O–H groups in total. The van der Waals surface area contributed by atoms with E-state index in [-0.39, 0.29) is 5.52 Å². The van der Waals surface area contributed by atoms with Gasteiger partial charge in [0.15, 0.2) is 11.6 Å². The minimum absolute atomic E-state index is 0.000424. The lowest BCUT2D eigenvalue weighted by molar-refractivity contribution is 0.412. The van der Waals surface area contributed by atoms with Crippen LogP contribution in [0.15, 0.2) is 30.3 Å². The Kier molecular flexibility index (Phi) is 2.89. The second-order valence-corrected chi connectivity index (χ2v) is 4.53. The molecular weight excluding hydrogens is 262 g/mol. The molecule has 1 heterocycles. The van der Waals surface area contributed by atoms with Gasteiger partial charge in [0.2, 0.25) is 0 Å². The van der Waals surface area contributed by atoms with Crippen molar-refractivity contribution in [1.82, 2.24) is 9.97 Å². The zero-order chi connectivity index (χ0) is 14.3. The maximum atomic E-state index is 13.7. The van der Waals surface area contributed by atoms with Crippen LogP contribution in [0.25, 0.3) is 22.4 Å². The molecule has 0 unspecified atom stereocenters. The van der Waals surface area contributed by atoms with E-state index < -0.39 is 11.6 Å². The van der Waals surface area contributed by atoms with Crippen molar-refractivity contribution in [3.63, 3.8) is 0 Å². The maximum absolute atomic E-state index is 13.7. The maximum Gasteiger partial charge on any atom is 0.186 e. The second kappa shape index (κ2) is 4.59. The first-order valence-corrected chi connectivity index (χ1v) is 6.09. The van der Waals surface area contributed by atoms with Crippen LogP contribution in [0.2, 0.25) is 0 Å². The van der Waals surface area contributed by atoms with Gasteiger partial charge >= 0.3 is 0 Å². The van der Waals surface area contributed by atoms with Crippen molar-refractivity contribution in [3.8, 4) is 17.1 Å². The average Bonchev–Trinajstić information content (AvgIpc) is 2.88. The van der Waals surface area contributed by atoms with Crippen LogP contribution < -0.4 is 4.74 Å². The molecule has 2 aromatic carbocycles. The van der Waals surface area contributed by atoms with E-state index in [9.17, 15) is 8.78 Å². The molecule has 0 amide bonds. The van der Waals surface area contributed by atoms with E-state index in [1.165, 1.54) is 6.07 Å². The molecule has 3 aromatic rings.